The molecule has 0 aliphatic carbocycles. The quantitative estimate of drug-likeness (QED) is 0.886. The molecule has 2 heterocycles. The number of Topliss-reactive ketones (excluding diaryl/α,β-unsaturated/α-hetero) is 1. The summed E-state index contributed by atoms with van der Waals surface area (Å²) in [6.07, 6.45) is 5.03. The number of hydrogen-bond acceptors (Lipinski definition) is 3. The van der Waals surface area contributed by atoms with Gasteiger partial charge < -0.3 is 5.32 Å². The van der Waals surface area contributed by atoms with Crippen molar-refractivity contribution >= 4 is 21.7 Å². The molecule has 1 fully saturated rings. The molecule has 0 amide bonds. The molecule has 15 heavy (non-hydrogen) atoms. The molecule has 4 heteroatoms. The van der Waals surface area contributed by atoms with Crippen LogP contribution in [0.15, 0.2) is 22.9 Å². The first-order valence-electron chi connectivity index (χ1n) is 5.08. The molecule has 1 aliphatic heterocycles. The summed E-state index contributed by atoms with van der Waals surface area (Å²) in [4.78, 5) is 15.7. The van der Waals surface area contributed by atoms with Crippen molar-refractivity contribution < 1.29 is 4.79 Å². The molecule has 1 unspecified atom stereocenters. The van der Waals surface area contributed by atoms with Crippen molar-refractivity contribution in [2.24, 2.45) is 5.92 Å². The number of rotatable bonds is 2. The van der Waals surface area contributed by atoms with Crippen LogP contribution in [-0.4, -0.2) is 23.9 Å². The monoisotopic (exact) mass is 268 g/mol. The molecule has 80 valence electrons. The summed E-state index contributed by atoms with van der Waals surface area (Å²) >= 11 is 3.38. The highest BCUT2D eigenvalue weighted by Crippen LogP contribution is 2.16. The first-order chi connectivity index (χ1) is 7.25. The second-order valence-corrected chi connectivity index (χ2v) is 4.75. The Kier molecular flexibility index (Phi) is 3.49. The second-order valence-electron chi connectivity index (χ2n) is 3.83. The minimum absolute atomic E-state index is 0.120. The third-order valence-corrected chi connectivity index (χ3v) is 3.07. The van der Waals surface area contributed by atoms with Gasteiger partial charge in [-0.05, 0) is 34.0 Å². The van der Waals surface area contributed by atoms with Crippen LogP contribution in [0.2, 0.25) is 0 Å². The number of pyridine rings is 1. The molecular weight excluding hydrogens is 256 g/mol. The standard InChI is InChI=1S/C11H13BrN2O/c12-10-4-8(5-14-7-10)3-9-6-13-2-1-11(9)15/h4-5,7,9,13H,1-3,6H2. The fourth-order valence-corrected chi connectivity index (χ4v) is 2.26. The number of hydrogen-bond donors (Lipinski definition) is 1. The Morgan fingerprint density at radius 3 is 3.13 bits per heavy atom. The molecule has 2 rings (SSSR count). The van der Waals surface area contributed by atoms with Crippen molar-refractivity contribution in [2.75, 3.05) is 13.1 Å². The number of nitrogens with one attached hydrogen (secondary N) is 1. The minimum atomic E-state index is 0.120. The van der Waals surface area contributed by atoms with E-state index in [-0.39, 0.29) is 5.92 Å². The van der Waals surface area contributed by atoms with Crippen molar-refractivity contribution in [1.29, 1.82) is 0 Å². The highest BCUT2D eigenvalue weighted by atomic mass is 79.9. The average Bonchev–Trinajstić information content (AvgIpc) is 2.22. The molecule has 1 aromatic heterocycles. The molecule has 0 radical (unpaired) electrons. The van der Waals surface area contributed by atoms with Crippen LogP contribution in [-0.2, 0) is 11.2 Å². The van der Waals surface area contributed by atoms with E-state index in [0.29, 0.717) is 12.2 Å². The normalized spacial score (nSPS) is 21.7. The van der Waals surface area contributed by atoms with E-state index in [1.807, 2.05) is 12.3 Å². The number of nitrogens with zero attached hydrogens (tertiary/aromatic N) is 1. The largest absolute Gasteiger partial charge is 0.316 e. The van der Waals surface area contributed by atoms with Crippen LogP contribution in [0.5, 0.6) is 0 Å². The van der Waals surface area contributed by atoms with Crippen molar-refractivity contribution in [1.82, 2.24) is 10.3 Å². The number of carbonyl (C=O) groups is 1. The highest BCUT2D eigenvalue weighted by molar-refractivity contribution is 9.10. The van der Waals surface area contributed by atoms with Crippen molar-refractivity contribution in [2.45, 2.75) is 12.8 Å². The van der Waals surface area contributed by atoms with Gasteiger partial charge in [-0.15, -0.1) is 0 Å². The van der Waals surface area contributed by atoms with Crippen molar-refractivity contribution in [3.8, 4) is 0 Å². The molecule has 0 saturated carbocycles. The van der Waals surface area contributed by atoms with E-state index < -0.39 is 0 Å². The van der Waals surface area contributed by atoms with Gasteiger partial charge in [0.05, 0.1) is 0 Å². The number of halogens is 1. The van der Waals surface area contributed by atoms with Gasteiger partial charge in [-0.2, -0.15) is 0 Å². The predicted octanol–water partition coefficient (Wildman–Crippen LogP) is 1.57. The van der Waals surface area contributed by atoms with Crippen molar-refractivity contribution in [3.63, 3.8) is 0 Å². The fourth-order valence-electron chi connectivity index (χ4n) is 1.84. The average molecular weight is 269 g/mol. The summed E-state index contributed by atoms with van der Waals surface area (Å²) in [5.41, 5.74) is 1.12. The topological polar surface area (TPSA) is 42.0 Å². The maximum Gasteiger partial charge on any atom is 0.138 e. The third-order valence-electron chi connectivity index (χ3n) is 2.64. The summed E-state index contributed by atoms with van der Waals surface area (Å²) in [7, 11) is 0. The van der Waals surface area contributed by atoms with E-state index in [0.717, 1.165) is 29.5 Å². The summed E-state index contributed by atoms with van der Waals surface area (Å²) in [5.74, 6) is 0.489. The van der Waals surface area contributed by atoms with Gasteiger partial charge in [0.25, 0.3) is 0 Å². The zero-order valence-electron chi connectivity index (χ0n) is 8.37. The molecule has 0 bridgehead atoms. The van der Waals surface area contributed by atoms with Gasteiger partial charge in [0.15, 0.2) is 0 Å². The van der Waals surface area contributed by atoms with Gasteiger partial charge in [-0.3, -0.25) is 9.78 Å². The number of ketones is 1. The molecule has 1 N–H and O–H groups in total. The van der Waals surface area contributed by atoms with Crippen LogP contribution in [0, 0.1) is 5.92 Å². The van der Waals surface area contributed by atoms with Gasteiger partial charge >= 0.3 is 0 Å². The fraction of sp³-hybridized carbons (Fsp3) is 0.455. The van der Waals surface area contributed by atoms with Crippen LogP contribution in [0.1, 0.15) is 12.0 Å². The van der Waals surface area contributed by atoms with Crippen LogP contribution in [0.25, 0.3) is 0 Å². The first-order valence-corrected chi connectivity index (χ1v) is 5.88. The Balaban J connectivity index is 2.04. The SMILES string of the molecule is O=C1CCNCC1Cc1cncc(Br)c1. The summed E-state index contributed by atoms with van der Waals surface area (Å²) < 4.78 is 0.969. The lowest BCUT2D eigenvalue weighted by molar-refractivity contribution is -0.123. The van der Waals surface area contributed by atoms with Gasteiger partial charge in [0, 0.05) is 42.3 Å². The lowest BCUT2D eigenvalue weighted by atomic mass is 9.92. The molecule has 1 aliphatic rings. The zero-order chi connectivity index (χ0) is 10.7. The number of aromatic nitrogens is 1. The summed E-state index contributed by atoms with van der Waals surface area (Å²) in [6.45, 7) is 1.62. The Hall–Kier alpha value is -0.740. The lowest BCUT2D eigenvalue weighted by Crippen LogP contribution is -2.37. The molecule has 0 aromatic carbocycles. The van der Waals surface area contributed by atoms with E-state index >= 15 is 0 Å². The molecule has 1 saturated heterocycles. The maximum atomic E-state index is 11.6. The Labute approximate surface area is 97.4 Å². The Morgan fingerprint density at radius 1 is 1.53 bits per heavy atom. The van der Waals surface area contributed by atoms with E-state index in [9.17, 15) is 4.79 Å². The molecule has 1 aromatic rings. The van der Waals surface area contributed by atoms with Crippen LogP contribution in [0.4, 0.5) is 0 Å². The Bertz CT molecular complexity index is 367. The predicted molar refractivity (Wildman–Crippen MR) is 61.6 cm³/mol. The number of carbonyl (C=O) groups excluding carboxylic acids is 1. The zero-order valence-corrected chi connectivity index (χ0v) is 9.96. The van der Waals surface area contributed by atoms with E-state index in [1.54, 1.807) is 6.20 Å². The number of piperidine rings is 1. The van der Waals surface area contributed by atoms with Crippen LogP contribution < -0.4 is 5.32 Å². The van der Waals surface area contributed by atoms with E-state index in [4.69, 9.17) is 0 Å². The maximum absolute atomic E-state index is 11.6. The smallest absolute Gasteiger partial charge is 0.138 e. The van der Waals surface area contributed by atoms with E-state index in [2.05, 4.69) is 26.2 Å². The van der Waals surface area contributed by atoms with Gasteiger partial charge in [0.1, 0.15) is 5.78 Å². The van der Waals surface area contributed by atoms with Gasteiger partial charge in [-0.25, -0.2) is 0 Å². The highest BCUT2D eigenvalue weighted by Gasteiger charge is 2.21. The van der Waals surface area contributed by atoms with Crippen LogP contribution in [0.3, 0.4) is 0 Å². The third kappa shape index (κ3) is 2.86. The minimum Gasteiger partial charge on any atom is -0.316 e. The lowest BCUT2D eigenvalue weighted by Gasteiger charge is -2.21. The van der Waals surface area contributed by atoms with Gasteiger partial charge in [-0.1, -0.05) is 0 Å². The second kappa shape index (κ2) is 4.86. The van der Waals surface area contributed by atoms with Crippen LogP contribution >= 0.6 is 15.9 Å². The summed E-state index contributed by atoms with van der Waals surface area (Å²) in [6, 6.07) is 2.02. The van der Waals surface area contributed by atoms with Gasteiger partial charge in [0.2, 0.25) is 0 Å². The molecule has 0 spiro atoms. The molecule has 1 atom stereocenters. The summed E-state index contributed by atoms with van der Waals surface area (Å²) in [5, 5.41) is 3.25. The first kappa shape index (κ1) is 10.8. The molecule has 3 nitrogen and oxygen atoms in total. The van der Waals surface area contributed by atoms with E-state index in [1.165, 1.54) is 0 Å². The molecular formula is C11H13BrN2O. The van der Waals surface area contributed by atoms with Crippen molar-refractivity contribution in [3.05, 3.63) is 28.5 Å². The Morgan fingerprint density at radius 2 is 2.40 bits per heavy atom.